The number of carbonyl (C=O) groups is 2. The number of nitrogens with zero attached hydrogens (tertiary/aromatic N) is 3. The van der Waals surface area contributed by atoms with E-state index in [1.165, 1.54) is 6.20 Å². The fourth-order valence-electron chi connectivity index (χ4n) is 2.38. The van der Waals surface area contributed by atoms with E-state index >= 15 is 0 Å². The van der Waals surface area contributed by atoms with Gasteiger partial charge in [0.2, 0.25) is 0 Å². The monoisotopic (exact) mass is 264 g/mol. The molecule has 1 aliphatic heterocycles. The number of benzene rings is 1. The number of fused-ring (bicyclic) bond motifs is 2. The van der Waals surface area contributed by atoms with Crippen LogP contribution in [-0.4, -0.2) is 27.0 Å². The van der Waals surface area contributed by atoms with E-state index in [-0.39, 0.29) is 5.69 Å². The van der Waals surface area contributed by atoms with Crippen molar-refractivity contribution in [1.29, 1.82) is 0 Å². The summed E-state index contributed by atoms with van der Waals surface area (Å²) in [7, 11) is 0. The Morgan fingerprint density at radius 2 is 1.85 bits per heavy atom. The Morgan fingerprint density at radius 3 is 2.70 bits per heavy atom. The normalized spacial score (nSPS) is 14.1. The Balaban J connectivity index is 1.93. The Hall–Kier alpha value is -3.02. The largest absolute Gasteiger partial charge is 0.286 e. The third kappa shape index (κ3) is 1.27. The molecule has 0 unspecified atom stereocenters. The number of aromatic amines is 1. The molecule has 0 spiro atoms. The Morgan fingerprint density at radius 1 is 1.00 bits per heavy atom. The van der Waals surface area contributed by atoms with Crippen LogP contribution in [0.3, 0.4) is 0 Å². The van der Waals surface area contributed by atoms with Crippen LogP contribution >= 0.6 is 0 Å². The summed E-state index contributed by atoms with van der Waals surface area (Å²) in [5.74, 6) is -0.521. The fraction of sp³-hybridized carbons (Fsp3) is 0. The van der Waals surface area contributed by atoms with Crippen LogP contribution < -0.4 is 4.90 Å². The highest BCUT2D eigenvalue weighted by atomic mass is 16.2. The quantitative estimate of drug-likeness (QED) is 0.679. The molecule has 6 nitrogen and oxygen atoms in total. The first kappa shape index (κ1) is 10.9. The van der Waals surface area contributed by atoms with E-state index in [0.29, 0.717) is 11.4 Å². The standard InChI is InChI=1S/C14H8N4O2/c19-13-9-5-3-7-15-11(9)14(20)18(13)12-8-4-1-2-6-10(8)16-17-12/h1-7H,(H,16,17). The zero-order valence-corrected chi connectivity index (χ0v) is 10.2. The van der Waals surface area contributed by atoms with Gasteiger partial charge in [-0.2, -0.15) is 5.10 Å². The second kappa shape index (κ2) is 3.74. The molecule has 20 heavy (non-hydrogen) atoms. The summed E-state index contributed by atoms with van der Waals surface area (Å²) in [6.45, 7) is 0. The third-order valence-electron chi connectivity index (χ3n) is 3.31. The summed E-state index contributed by atoms with van der Waals surface area (Å²) < 4.78 is 0. The molecule has 3 heterocycles. The van der Waals surface area contributed by atoms with Crippen molar-refractivity contribution in [3.8, 4) is 0 Å². The van der Waals surface area contributed by atoms with Crippen molar-refractivity contribution in [2.45, 2.75) is 0 Å². The number of aromatic nitrogens is 3. The van der Waals surface area contributed by atoms with Crippen LogP contribution in [0.25, 0.3) is 10.9 Å². The fourth-order valence-corrected chi connectivity index (χ4v) is 2.38. The van der Waals surface area contributed by atoms with E-state index in [4.69, 9.17) is 0 Å². The molecule has 0 radical (unpaired) electrons. The van der Waals surface area contributed by atoms with Gasteiger partial charge in [0.15, 0.2) is 5.82 Å². The minimum atomic E-state index is -0.442. The van der Waals surface area contributed by atoms with Gasteiger partial charge in [-0.3, -0.25) is 19.7 Å². The van der Waals surface area contributed by atoms with Gasteiger partial charge in [-0.1, -0.05) is 12.1 Å². The Bertz CT molecular complexity index is 833. The van der Waals surface area contributed by atoms with Gasteiger partial charge in [0, 0.05) is 11.6 Å². The van der Waals surface area contributed by atoms with Gasteiger partial charge in [-0.25, -0.2) is 4.90 Å². The van der Waals surface area contributed by atoms with Crippen molar-refractivity contribution >= 4 is 28.5 Å². The second-order valence-electron chi connectivity index (χ2n) is 4.44. The van der Waals surface area contributed by atoms with E-state index in [0.717, 1.165) is 15.8 Å². The van der Waals surface area contributed by atoms with Crippen LogP contribution in [0.4, 0.5) is 5.82 Å². The molecule has 0 atom stereocenters. The molecule has 0 saturated heterocycles. The van der Waals surface area contributed by atoms with Gasteiger partial charge >= 0.3 is 0 Å². The van der Waals surface area contributed by atoms with Gasteiger partial charge < -0.3 is 0 Å². The first-order valence-electron chi connectivity index (χ1n) is 6.04. The predicted molar refractivity (Wildman–Crippen MR) is 71.5 cm³/mol. The molecule has 0 saturated carbocycles. The van der Waals surface area contributed by atoms with Gasteiger partial charge in [-0.15, -0.1) is 0 Å². The zero-order valence-electron chi connectivity index (χ0n) is 10.2. The molecule has 4 rings (SSSR count). The number of amides is 2. The van der Waals surface area contributed by atoms with Crippen LogP contribution in [0.2, 0.25) is 0 Å². The number of rotatable bonds is 1. The first-order valence-corrected chi connectivity index (χ1v) is 6.04. The van der Waals surface area contributed by atoms with Crippen molar-refractivity contribution in [3.05, 3.63) is 53.9 Å². The highest BCUT2D eigenvalue weighted by Gasteiger charge is 2.39. The lowest BCUT2D eigenvalue weighted by molar-refractivity contribution is 0.0924. The van der Waals surface area contributed by atoms with Crippen LogP contribution in [0.15, 0.2) is 42.6 Å². The lowest BCUT2D eigenvalue weighted by Crippen LogP contribution is -2.30. The summed E-state index contributed by atoms with van der Waals surface area (Å²) in [6.07, 6.45) is 1.50. The number of imide groups is 1. The number of H-pyrrole nitrogens is 1. The summed E-state index contributed by atoms with van der Waals surface area (Å²) in [6, 6.07) is 10.6. The molecule has 2 amide bonds. The maximum atomic E-state index is 12.4. The van der Waals surface area contributed by atoms with Crippen LogP contribution in [0, 0.1) is 0 Å². The molecule has 1 aromatic carbocycles. The number of hydrogen-bond acceptors (Lipinski definition) is 4. The second-order valence-corrected chi connectivity index (χ2v) is 4.44. The van der Waals surface area contributed by atoms with E-state index < -0.39 is 11.8 Å². The SMILES string of the molecule is O=C1c2cccnc2C(=O)N1c1n[nH]c2ccccc12. The molecule has 2 aromatic heterocycles. The lowest BCUT2D eigenvalue weighted by Gasteiger charge is -2.09. The van der Waals surface area contributed by atoms with Gasteiger partial charge in [-0.05, 0) is 24.3 Å². The molecule has 1 aliphatic rings. The summed E-state index contributed by atoms with van der Waals surface area (Å²) in [5, 5.41) is 7.63. The van der Waals surface area contributed by atoms with E-state index in [1.54, 1.807) is 12.1 Å². The van der Waals surface area contributed by atoms with Gasteiger partial charge in [0.05, 0.1) is 11.1 Å². The summed E-state index contributed by atoms with van der Waals surface area (Å²) in [5.41, 5.74) is 1.25. The van der Waals surface area contributed by atoms with Crippen molar-refractivity contribution in [1.82, 2.24) is 15.2 Å². The van der Waals surface area contributed by atoms with Crippen molar-refractivity contribution in [3.63, 3.8) is 0 Å². The minimum Gasteiger partial charge on any atom is -0.276 e. The predicted octanol–water partition coefficient (Wildman–Crippen LogP) is 1.76. The van der Waals surface area contributed by atoms with E-state index in [1.807, 2.05) is 24.3 Å². The van der Waals surface area contributed by atoms with E-state index in [9.17, 15) is 9.59 Å². The zero-order chi connectivity index (χ0) is 13.7. The minimum absolute atomic E-state index is 0.171. The first-order chi connectivity index (χ1) is 9.77. The van der Waals surface area contributed by atoms with Crippen molar-refractivity contribution in [2.75, 3.05) is 4.90 Å². The average Bonchev–Trinajstić information content (AvgIpc) is 3.01. The molecule has 0 aliphatic carbocycles. The molecule has 6 heteroatoms. The average molecular weight is 264 g/mol. The topological polar surface area (TPSA) is 79.0 Å². The highest BCUT2D eigenvalue weighted by Crippen LogP contribution is 2.30. The van der Waals surface area contributed by atoms with Crippen molar-refractivity contribution < 1.29 is 9.59 Å². The van der Waals surface area contributed by atoms with Crippen molar-refractivity contribution in [2.24, 2.45) is 0 Å². The third-order valence-corrected chi connectivity index (χ3v) is 3.31. The van der Waals surface area contributed by atoms with Crippen LogP contribution in [0.1, 0.15) is 20.8 Å². The van der Waals surface area contributed by atoms with E-state index in [2.05, 4.69) is 15.2 Å². The number of pyridine rings is 1. The maximum absolute atomic E-state index is 12.4. The smallest absolute Gasteiger partial charge is 0.276 e. The highest BCUT2D eigenvalue weighted by molar-refractivity contribution is 6.34. The molecule has 0 bridgehead atoms. The molecule has 96 valence electrons. The number of hydrogen-bond donors (Lipinski definition) is 1. The van der Waals surface area contributed by atoms with Crippen LogP contribution in [0.5, 0.6) is 0 Å². The summed E-state index contributed by atoms with van der Waals surface area (Å²) >= 11 is 0. The number of anilines is 1. The Labute approximate surface area is 113 Å². The number of nitrogens with one attached hydrogen (secondary N) is 1. The number of para-hydroxylation sites is 1. The van der Waals surface area contributed by atoms with Crippen LogP contribution in [-0.2, 0) is 0 Å². The van der Waals surface area contributed by atoms with Gasteiger partial charge in [0.1, 0.15) is 5.69 Å². The number of carbonyl (C=O) groups excluding carboxylic acids is 2. The molecule has 1 N–H and O–H groups in total. The molecular formula is C14H8N4O2. The molecule has 0 fully saturated rings. The molecular weight excluding hydrogens is 256 g/mol. The summed E-state index contributed by atoms with van der Waals surface area (Å²) in [4.78, 5) is 29.7. The maximum Gasteiger partial charge on any atom is 0.286 e. The lowest BCUT2D eigenvalue weighted by atomic mass is 10.2. The Kier molecular flexibility index (Phi) is 2.03. The van der Waals surface area contributed by atoms with Gasteiger partial charge in [0.25, 0.3) is 11.8 Å². The molecule has 3 aromatic rings.